The van der Waals surface area contributed by atoms with Crippen LogP contribution in [0, 0.1) is 0 Å². The second kappa shape index (κ2) is 2.82. The summed E-state index contributed by atoms with van der Waals surface area (Å²) in [5.41, 5.74) is 7.91. The first-order valence-electron chi connectivity index (χ1n) is 4.69. The number of pyridine rings is 1. The van der Waals surface area contributed by atoms with Gasteiger partial charge in [0.2, 0.25) is 0 Å². The Balaban J connectivity index is 2.80. The van der Waals surface area contributed by atoms with Crippen LogP contribution in [0.1, 0.15) is 19.4 Å². The second-order valence-electron chi connectivity index (χ2n) is 4.25. The average Bonchev–Trinajstić information content (AvgIpc) is 2.44. The van der Waals surface area contributed by atoms with Gasteiger partial charge >= 0.3 is 0 Å². The number of aryl methyl sites for hydroxylation is 1. The Morgan fingerprint density at radius 1 is 1.43 bits per heavy atom. The van der Waals surface area contributed by atoms with Gasteiger partial charge in [-0.3, -0.25) is 0 Å². The van der Waals surface area contributed by atoms with Gasteiger partial charge in [0.25, 0.3) is 0 Å². The van der Waals surface area contributed by atoms with Crippen LogP contribution in [-0.2, 0) is 12.6 Å². The predicted octanol–water partition coefficient (Wildman–Crippen LogP) is 1.77. The third kappa shape index (κ3) is 1.30. The Labute approximate surface area is 83.6 Å². The summed E-state index contributed by atoms with van der Waals surface area (Å²) in [5.74, 6) is 0. The molecule has 0 radical (unpaired) electrons. The minimum absolute atomic E-state index is 0.317. The van der Waals surface area contributed by atoms with Crippen LogP contribution in [0.2, 0.25) is 0 Å². The van der Waals surface area contributed by atoms with E-state index >= 15 is 0 Å². The normalized spacial score (nSPS) is 12.3. The minimum atomic E-state index is -0.317. The first-order chi connectivity index (χ1) is 6.50. The Morgan fingerprint density at radius 3 is 2.79 bits per heavy atom. The van der Waals surface area contributed by atoms with E-state index in [1.54, 1.807) is 6.20 Å². The highest BCUT2D eigenvalue weighted by Crippen LogP contribution is 2.26. The molecule has 3 nitrogen and oxygen atoms in total. The molecule has 3 heteroatoms. The van der Waals surface area contributed by atoms with Crippen molar-refractivity contribution in [3.05, 3.63) is 30.1 Å². The summed E-state index contributed by atoms with van der Waals surface area (Å²) in [7, 11) is 1.99. The molecule has 0 saturated carbocycles. The molecule has 0 fully saturated rings. The SMILES string of the molecule is Cn1cc(C(C)(C)N)c2cccnc21. The molecule has 14 heavy (non-hydrogen) atoms. The minimum Gasteiger partial charge on any atom is -0.335 e. The van der Waals surface area contributed by atoms with E-state index in [1.807, 2.05) is 31.5 Å². The van der Waals surface area contributed by atoms with Crippen LogP contribution >= 0.6 is 0 Å². The number of hydrogen-bond acceptors (Lipinski definition) is 2. The highest BCUT2D eigenvalue weighted by atomic mass is 15.0. The molecule has 0 amide bonds. The van der Waals surface area contributed by atoms with E-state index in [2.05, 4.69) is 17.2 Å². The third-order valence-corrected chi connectivity index (χ3v) is 2.43. The maximum atomic E-state index is 6.10. The molecule has 0 aliphatic heterocycles. The van der Waals surface area contributed by atoms with Crippen molar-refractivity contribution in [2.24, 2.45) is 12.8 Å². The van der Waals surface area contributed by atoms with Gasteiger partial charge in [0, 0.05) is 30.4 Å². The lowest BCUT2D eigenvalue weighted by molar-refractivity contribution is 0.557. The van der Waals surface area contributed by atoms with Crippen molar-refractivity contribution in [1.82, 2.24) is 9.55 Å². The number of fused-ring (bicyclic) bond motifs is 1. The zero-order chi connectivity index (χ0) is 10.3. The van der Waals surface area contributed by atoms with Gasteiger partial charge in [-0.25, -0.2) is 4.98 Å². The highest BCUT2D eigenvalue weighted by molar-refractivity contribution is 5.81. The molecular formula is C11H15N3. The van der Waals surface area contributed by atoms with Crippen LogP contribution < -0.4 is 5.73 Å². The molecule has 0 spiro atoms. The zero-order valence-corrected chi connectivity index (χ0v) is 8.78. The van der Waals surface area contributed by atoms with E-state index in [0.29, 0.717) is 0 Å². The van der Waals surface area contributed by atoms with Crippen molar-refractivity contribution in [3.63, 3.8) is 0 Å². The Morgan fingerprint density at radius 2 is 2.14 bits per heavy atom. The fourth-order valence-corrected chi connectivity index (χ4v) is 1.73. The first-order valence-corrected chi connectivity index (χ1v) is 4.69. The van der Waals surface area contributed by atoms with Crippen molar-refractivity contribution in [3.8, 4) is 0 Å². The third-order valence-electron chi connectivity index (χ3n) is 2.43. The van der Waals surface area contributed by atoms with E-state index in [-0.39, 0.29) is 5.54 Å². The summed E-state index contributed by atoms with van der Waals surface area (Å²) in [6.45, 7) is 4.02. The molecule has 74 valence electrons. The largest absolute Gasteiger partial charge is 0.335 e. The summed E-state index contributed by atoms with van der Waals surface area (Å²) in [4.78, 5) is 4.32. The van der Waals surface area contributed by atoms with Gasteiger partial charge in [0.05, 0.1) is 0 Å². The van der Waals surface area contributed by atoms with E-state index in [0.717, 1.165) is 16.6 Å². The Bertz CT molecular complexity index is 463. The smallest absolute Gasteiger partial charge is 0.139 e. The van der Waals surface area contributed by atoms with Gasteiger partial charge in [0.1, 0.15) is 5.65 Å². The molecule has 2 rings (SSSR count). The van der Waals surface area contributed by atoms with Crippen molar-refractivity contribution in [2.75, 3.05) is 0 Å². The quantitative estimate of drug-likeness (QED) is 0.743. The van der Waals surface area contributed by atoms with Crippen LogP contribution in [0.4, 0.5) is 0 Å². The average molecular weight is 189 g/mol. The Hall–Kier alpha value is -1.35. The lowest BCUT2D eigenvalue weighted by Gasteiger charge is -2.17. The van der Waals surface area contributed by atoms with Gasteiger partial charge < -0.3 is 10.3 Å². The lowest BCUT2D eigenvalue weighted by Crippen LogP contribution is -2.28. The van der Waals surface area contributed by atoms with Gasteiger partial charge in [-0.05, 0) is 31.5 Å². The standard InChI is InChI=1S/C11H15N3/c1-11(2,12)9-7-14(3)10-8(9)5-4-6-13-10/h4-7H,12H2,1-3H3. The van der Waals surface area contributed by atoms with E-state index in [1.165, 1.54) is 0 Å². The van der Waals surface area contributed by atoms with E-state index in [4.69, 9.17) is 5.73 Å². The van der Waals surface area contributed by atoms with Crippen LogP contribution in [0.5, 0.6) is 0 Å². The molecule has 2 heterocycles. The fourth-order valence-electron chi connectivity index (χ4n) is 1.73. The number of hydrogen-bond donors (Lipinski definition) is 1. The van der Waals surface area contributed by atoms with Crippen molar-refractivity contribution in [2.45, 2.75) is 19.4 Å². The number of nitrogens with zero attached hydrogens (tertiary/aromatic N) is 2. The highest BCUT2D eigenvalue weighted by Gasteiger charge is 2.19. The molecule has 0 bridgehead atoms. The fraction of sp³-hybridized carbons (Fsp3) is 0.364. The lowest BCUT2D eigenvalue weighted by atomic mass is 9.96. The second-order valence-corrected chi connectivity index (χ2v) is 4.25. The monoisotopic (exact) mass is 189 g/mol. The maximum absolute atomic E-state index is 6.10. The van der Waals surface area contributed by atoms with Gasteiger partial charge in [-0.15, -0.1) is 0 Å². The molecule has 2 aromatic heterocycles. The number of aromatic nitrogens is 2. The molecule has 0 aliphatic carbocycles. The summed E-state index contributed by atoms with van der Waals surface area (Å²) < 4.78 is 2.01. The van der Waals surface area contributed by atoms with E-state index in [9.17, 15) is 0 Å². The first kappa shape index (κ1) is 9.21. The van der Waals surface area contributed by atoms with Crippen LogP contribution in [0.3, 0.4) is 0 Å². The van der Waals surface area contributed by atoms with Crippen LogP contribution in [-0.4, -0.2) is 9.55 Å². The Kier molecular flexibility index (Phi) is 1.86. The molecule has 0 aliphatic rings. The predicted molar refractivity (Wildman–Crippen MR) is 57.9 cm³/mol. The summed E-state index contributed by atoms with van der Waals surface area (Å²) in [5, 5.41) is 1.14. The summed E-state index contributed by atoms with van der Waals surface area (Å²) >= 11 is 0. The topological polar surface area (TPSA) is 43.8 Å². The molecule has 0 atom stereocenters. The molecule has 0 aromatic carbocycles. The van der Waals surface area contributed by atoms with Crippen LogP contribution in [0.15, 0.2) is 24.5 Å². The molecule has 2 N–H and O–H groups in total. The van der Waals surface area contributed by atoms with Crippen LogP contribution in [0.25, 0.3) is 11.0 Å². The molecular weight excluding hydrogens is 174 g/mol. The summed E-state index contributed by atoms with van der Waals surface area (Å²) in [6, 6.07) is 4.00. The number of rotatable bonds is 1. The molecule has 2 aromatic rings. The number of nitrogens with two attached hydrogens (primary N) is 1. The summed E-state index contributed by atoms with van der Waals surface area (Å²) in [6.07, 6.45) is 3.85. The van der Waals surface area contributed by atoms with Gasteiger partial charge in [-0.1, -0.05) is 0 Å². The van der Waals surface area contributed by atoms with Gasteiger partial charge in [-0.2, -0.15) is 0 Å². The van der Waals surface area contributed by atoms with Crippen molar-refractivity contribution < 1.29 is 0 Å². The van der Waals surface area contributed by atoms with Gasteiger partial charge in [0.15, 0.2) is 0 Å². The maximum Gasteiger partial charge on any atom is 0.139 e. The molecule has 0 unspecified atom stereocenters. The molecule has 0 saturated heterocycles. The van der Waals surface area contributed by atoms with Crippen molar-refractivity contribution >= 4 is 11.0 Å². The zero-order valence-electron chi connectivity index (χ0n) is 8.78. The van der Waals surface area contributed by atoms with E-state index < -0.39 is 0 Å². The van der Waals surface area contributed by atoms with Crippen molar-refractivity contribution in [1.29, 1.82) is 0 Å².